The molecular weight excluding hydrogens is 240 g/mol. The maximum absolute atomic E-state index is 5.95. The van der Waals surface area contributed by atoms with E-state index in [0.29, 0.717) is 10.7 Å². The van der Waals surface area contributed by atoms with Crippen molar-refractivity contribution < 1.29 is 4.74 Å². The highest BCUT2D eigenvalue weighted by molar-refractivity contribution is 6.33. The Kier molecular flexibility index (Phi) is 2.78. The van der Waals surface area contributed by atoms with Gasteiger partial charge < -0.3 is 9.64 Å². The lowest BCUT2D eigenvalue weighted by Gasteiger charge is -2.28. The van der Waals surface area contributed by atoms with E-state index in [1.807, 2.05) is 12.3 Å². The summed E-state index contributed by atoms with van der Waals surface area (Å²) in [4.78, 5) is 14.6. The Hall–Kier alpha value is -1.46. The zero-order valence-electron chi connectivity index (χ0n) is 9.14. The van der Waals surface area contributed by atoms with E-state index in [1.165, 1.54) is 6.33 Å². The van der Waals surface area contributed by atoms with Crippen molar-refractivity contribution in [2.45, 2.75) is 0 Å². The molecule has 0 amide bonds. The van der Waals surface area contributed by atoms with Gasteiger partial charge in [-0.05, 0) is 6.07 Å². The third-order valence-corrected chi connectivity index (χ3v) is 3.07. The number of hydrogen-bond acceptors (Lipinski definition) is 5. The third kappa shape index (κ3) is 2.03. The zero-order chi connectivity index (χ0) is 11.7. The van der Waals surface area contributed by atoms with E-state index >= 15 is 0 Å². The lowest BCUT2D eigenvalue weighted by molar-refractivity contribution is 0.122. The lowest BCUT2D eigenvalue weighted by atomic mass is 10.3. The number of ether oxygens (including phenoxy) is 1. The fourth-order valence-corrected chi connectivity index (χ4v) is 2.09. The second-order valence-corrected chi connectivity index (χ2v) is 4.18. The first-order chi connectivity index (χ1) is 8.34. The minimum atomic E-state index is 0.392. The minimum Gasteiger partial charge on any atom is -0.378 e. The molecule has 2 aromatic heterocycles. The Morgan fingerprint density at radius 2 is 2.00 bits per heavy atom. The summed E-state index contributed by atoms with van der Waals surface area (Å²) in [5.41, 5.74) is 2.47. The van der Waals surface area contributed by atoms with Crippen LogP contribution in [0.25, 0.3) is 11.0 Å². The van der Waals surface area contributed by atoms with Gasteiger partial charge >= 0.3 is 0 Å². The van der Waals surface area contributed by atoms with Gasteiger partial charge in [0, 0.05) is 13.1 Å². The normalized spacial score (nSPS) is 16.4. The Morgan fingerprint density at radius 1 is 1.18 bits per heavy atom. The van der Waals surface area contributed by atoms with Crippen LogP contribution in [-0.2, 0) is 4.74 Å². The number of halogens is 1. The SMILES string of the molecule is Clc1ncnc2cc(N3CCOCC3)cnc12. The van der Waals surface area contributed by atoms with Crippen LogP contribution in [0.2, 0.25) is 5.15 Å². The smallest absolute Gasteiger partial charge is 0.158 e. The molecule has 1 saturated heterocycles. The van der Waals surface area contributed by atoms with Gasteiger partial charge in [0.25, 0.3) is 0 Å². The maximum atomic E-state index is 5.95. The number of fused-ring (bicyclic) bond motifs is 1. The van der Waals surface area contributed by atoms with Crippen LogP contribution in [-0.4, -0.2) is 41.3 Å². The van der Waals surface area contributed by atoms with Crippen LogP contribution in [0.15, 0.2) is 18.6 Å². The van der Waals surface area contributed by atoms with Crippen LogP contribution >= 0.6 is 11.6 Å². The molecule has 0 spiro atoms. The second kappa shape index (κ2) is 4.43. The molecule has 3 rings (SSSR count). The zero-order valence-corrected chi connectivity index (χ0v) is 9.89. The summed E-state index contributed by atoms with van der Waals surface area (Å²) in [7, 11) is 0. The summed E-state index contributed by atoms with van der Waals surface area (Å²) >= 11 is 5.95. The summed E-state index contributed by atoms with van der Waals surface area (Å²) < 4.78 is 5.32. The van der Waals surface area contributed by atoms with Crippen molar-refractivity contribution in [1.29, 1.82) is 0 Å². The largest absolute Gasteiger partial charge is 0.378 e. The van der Waals surface area contributed by atoms with E-state index in [9.17, 15) is 0 Å². The second-order valence-electron chi connectivity index (χ2n) is 3.83. The van der Waals surface area contributed by atoms with Crippen molar-refractivity contribution in [3.8, 4) is 0 Å². The minimum absolute atomic E-state index is 0.392. The van der Waals surface area contributed by atoms with Crippen molar-refractivity contribution in [2.24, 2.45) is 0 Å². The molecule has 0 saturated carbocycles. The van der Waals surface area contributed by atoms with Crippen molar-refractivity contribution in [3.05, 3.63) is 23.7 Å². The number of aromatic nitrogens is 3. The monoisotopic (exact) mass is 250 g/mol. The van der Waals surface area contributed by atoms with Gasteiger partial charge in [0.2, 0.25) is 0 Å². The molecule has 1 aliphatic rings. The molecule has 1 fully saturated rings. The van der Waals surface area contributed by atoms with Crippen LogP contribution < -0.4 is 4.90 Å². The van der Waals surface area contributed by atoms with Gasteiger partial charge in [-0.3, -0.25) is 0 Å². The molecule has 6 heteroatoms. The Bertz CT molecular complexity index is 542. The Labute approximate surface area is 103 Å². The number of nitrogens with zero attached hydrogens (tertiary/aromatic N) is 4. The first-order valence-corrected chi connectivity index (χ1v) is 5.81. The molecular formula is C11H11ClN4O. The van der Waals surface area contributed by atoms with E-state index in [-0.39, 0.29) is 0 Å². The van der Waals surface area contributed by atoms with Gasteiger partial charge in [-0.2, -0.15) is 0 Å². The number of morpholine rings is 1. The maximum Gasteiger partial charge on any atom is 0.158 e. The molecule has 2 aromatic rings. The molecule has 0 aromatic carbocycles. The van der Waals surface area contributed by atoms with Crippen LogP contribution in [0.3, 0.4) is 0 Å². The molecule has 88 valence electrons. The highest BCUT2D eigenvalue weighted by Gasteiger charge is 2.13. The van der Waals surface area contributed by atoms with Crippen LogP contribution in [0.5, 0.6) is 0 Å². The summed E-state index contributed by atoms with van der Waals surface area (Å²) in [6.45, 7) is 3.27. The fourth-order valence-electron chi connectivity index (χ4n) is 1.90. The number of pyridine rings is 1. The number of anilines is 1. The Morgan fingerprint density at radius 3 is 2.82 bits per heavy atom. The van der Waals surface area contributed by atoms with Gasteiger partial charge in [0.15, 0.2) is 5.15 Å². The van der Waals surface area contributed by atoms with Gasteiger partial charge in [-0.1, -0.05) is 11.6 Å². The topological polar surface area (TPSA) is 51.1 Å². The van der Waals surface area contributed by atoms with E-state index in [4.69, 9.17) is 16.3 Å². The quantitative estimate of drug-likeness (QED) is 0.718. The van der Waals surface area contributed by atoms with Crippen LogP contribution in [0.4, 0.5) is 5.69 Å². The first kappa shape index (κ1) is 10.7. The third-order valence-electron chi connectivity index (χ3n) is 2.79. The molecule has 0 aliphatic carbocycles. The summed E-state index contributed by atoms with van der Waals surface area (Å²) in [5.74, 6) is 0. The average Bonchev–Trinajstić information content (AvgIpc) is 2.40. The van der Waals surface area contributed by atoms with Gasteiger partial charge in [0.05, 0.1) is 30.6 Å². The molecule has 17 heavy (non-hydrogen) atoms. The van der Waals surface area contributed by atoms with Crippen molar-refractivity contribution in [3.63, 3.8) is 0 Å². The van der Waals surface area contributed by atoms with Crippen molar-refractivity contribution in [2.75, 3.05) is 31.2 Å². The van der Waals surface area contributed by atoms with Crippen molar-refractivity contribution >= 4 is 28.3 Å². The fraction of sp³-hybridized carbons (Fsp3) is 0.364. The van der Waals surface area contributed by atoms with E-state index in [1.54, 1.807) is 0 Å². The van der Waals surface area contributed by atoms with Gasteiger partial charge in [0.1, 0.15) is 11.8 Å². The van der Waals surface area contributed by atoms with Gasteiger partial charge in [-0.15, -0.1) is 0 Å². The molecule has 0 radical (unpaired) electrons. The predicted molar refractivity (Wildman–Crippen MR) is 65.4 cm³/mol. The molecule has 0 bridgehead atoms. The lowest BCUT2D eigenvalue weighted by Crippen LogP contribution is -2.36. The summed E-state index contributed by atoms with van der Waals surface area (Å²) in [5, 5.41) is 0.392. The molecule has 5 nitrogen and oxygen atoms in total. The van der Waals surface area contributed by atoms with E-state index in [0.717, 1.165) is 37.5 Å². The van der Waals surface area contributed by atoms with E-state index < -0.39 is 0 Å². The molecule has 1 aliphatic heterocycles. The molecule has 0 unspecified atom stereocenters. The molecule has 3 heterocycles. The summed E-state index contributed by atoms with van der Waals surface area (Å²) in [6.07, 6.45) is 3.26. The average molecular weight is 251 g/mol. The standard InChI is InChI=1S/C11H11ClN4O/c12-11-10-9(14-7-15-11)5-8(6-13-10)16-1-3-17-4-2-16/h5-7H,1-4H2. The summed E-state index contributed by atoms with van der Waals surface area (Å²) in [6, 6.07) is 1.99. The number of hydrogen-bond donors (Lipinski definition) is 0. The predicted octanol–water partition coefficient (Wildman–Crippen LogP) is 1.51. The van der Waals surface area contributed by atoms with Gasteiger partial charge in [-0.25, -0.2) is 15.0 Å². The number of rotatable bonds is 1. The van der Waals surface area contributed by atoms with Crippen LogP contribution in [0, 0.1) is 0 Å². The first-order valence-electron chi connectivity index (χ1n) is 5.43. The highest BCUT2D eigenvalue weighted by atomic mass is 35.5. The Balaban J connectivity index is 2.01. The molecule has 0 N–H and O–H groups in total. The van der Waals surface area contributed by atoms with Crippen LogP contribution in [0.1, 0.15) is 0 Å². The van der Waals surface area contributed by atoms with Crippen molar-refractivity contribution in [1.82, 2.24) is 15.0 Å². The molecule has 0 atom stereocenters. The highest BCUT2D eigenvalue weighted by Crippen LogP contribution is 2.22. The van der Waals surface area contributed by atoms with E-state index in [2.05, 4.69) is 19.9 Å².